The maximum Gasteiger partial charge on any atom is 0.407 e. The van der Waals surface area contributed by atoms with Gasteiger partial charge in [-0.05, 0) is 60.7 Å². The number of benzene rings is 2. The molecule has 8 nitrogen and oxygen atoms in total. The van der Waals surface area contributed by atoms with Crippen molar-refractivity contribution in [2.45, 2.75) is 57.9 Å². The quantitative estimate of drug-likeness (QED) is 0.232. The number of hydrogen-bond donors (Lipinski definition) is 3. The number of amides is 1. The molecule has 234 valence electrons. The second-order valence-corrected chi connectivity index (χ2v) is 10.9. The average Bonchev–Trinajstić information content (AvgIpc) is 2.97. The first kappa shape index (κ1) is 33.5. The van der Waals surface area contributed by atoms with E-state index in [2.05, 4.69) is 20.9 Å². The van der Waals surface area contributed by atoms with Gasteiger partial charge in [0.05, 0.1) is 25.9 Å². The van der Waals surface area contributed by atoms with Gasteiger partial charge in [0.1, 0.15) is 18.4 Å². The Morgan fingerprint density at radius 2 is 1.69 bits per heavy atom. The molecule has 0 saturated carbocycles. The van der Waals surface area contributed by atoms with Crippen LogP contribution in [0, 0.1) is 5.92 Å². The zero-order valence-corrected chi connectivity index (χ0v) is 25.0. The van der Waals surface area contributed by atoms with E-state index in [-0.39, 0.29) is 23.9 Å². The summed E-state index contributed by atoms with van der Waals surface area (Å²) in [7, 11) is 1.54. The Morgan fingerprint density at radius 3 is 2.26 bits per heavy atom. The van der Waals surface area contributed by atoms with Crippen molar-refractivity contribution in [3.05, 3.63) is 54.1 Å². The molecule has 3 rings (SSSR count). The first-order valence-electron chi connectivity index (χ1n) is 14.6. The lowest BCUT2D eigenvalue weighted by molar-refractivity contribution is -0.161. The molecule has 1 fully saturated rings. The van der Waals surface area contributed by atoms with Crippen molar-refractivity contribution in [3.63, 3.8) is 0 Å². The highest BCUT2D eigenvalue weighted by Gasteiger charge is 2.43. The summed E-state index contributed by atoms with van der Waals surface area (Å²) < 4.78 is 58.5. The normalized spacial score (nSPS) is 16.1. The van der Waals surface area contributed by atoms with Crippen molar-refractivity contribution < 1.29 is 32.2 Å². The first-order valence-corrected chi connectivity index (χ1v) is 14.6. The monoisotopic (exact) mass is 594 g/mol. The zero-order chi connectivity index (χ0) is 30.5. The van der Waals surface area contributed by atoms with Crippen LogP contribution in [0.15, 0.2) is 48.5 Å². The molecule has 0 radical (unpaired) electrons. The van der Waals surface area contributed by atoms with Gasteiger partial charge in [-0.3, -0.25) is 10.1 Å². The maximum atomic E-state index is 14.2. The number of rotatable bonds is 16. The van der Waals surface area contributed by atoms with Crippen LogP contribution in [0.25, 0.3) is 0 Å². The Bertz CT molecular complexity index is 1060. The summed E-state index contributed by atoms with van der Waals surface area (Å²) in [5, 5.41) is 8.94. The molecule has 0 unspecified atom stereocenters. The van der Waals surface area contributed by atoms with E-state index in [1.54, 1.807) is 7.11 Å². The van der Waals surface area contributed by atoms with Gasteiger partial charge < -0.3 is 29.7 Å². The molecule has 1 saturated heterocycles. The van der Waals surface area contributed by atoms with Gasteiger partial charge in [-0.15, -0.1) is 0 Å². The largest absolute Gasteiger partial charge is 0.491 e. The van der Waals surface area contributed by atoms with Gasteiger partial charge in [0.15, 0.2) is 0 Å². The molecule has 3 atom stereocenters. The molecule has 1 heterocycles. The molecule has 1 aliphatic rings. The molecule has 3 N–H and O–H groups in total. The smallest absolute Gasteiger partial charge is 0.407 e. The molecule has 0 aromatic heterocycles. The molecule has 2 aromatic rings. The third-order valence-corrected chi connectivity index (χ3v) is 7.12. The number of morpholine rings is 1. The van der Waals surface area contributed by atoms with Crippen LogP contribution < -0.4 is 25.6 Å². The fraction of sp³-hybridized carbons (Fsp3) is 0.581. The SMILES string of the molecule is CC[C@@H](CNc1ccc(N2CCOCC2)cc1)NC(=O)[C@H](CC(C)C)N[C@@H](c1ccc(OCCOC)cc1)C(F)(F)F. The van der Waals surface area contributed by atoms with Gasteiger partial charge in [-0.25, -0.2) is 0 Å². The lowest BCUT2D eigenvalue weighted by atomic mass is 9.99. The predicted octanol–water partition coefficient (Wildman–Crippen LogP) is 5.16. The Hall–Kier alpha value is -3.02. The Kier molecular flexibility index (Phi) is 13.2. The van der Waals surface area contributed by atoms with Gasteiger partial charge in [-0.1, -0.05) is 32.9 Å². The number of anilines is 2. The molecular weight excluding hydrogens is 549 g/mol. The van der Waals surface area contributed by atoms with Crippen molar-refractivity contribution in [2.75, 3.05) is 63.4 Å². The summed E-state index contributed by atoms with van der Waals surface area (Å²) >= 11 is 0. The van der Waals surface area contributed by atoms with Gasteiger partial charge in [0, 0.05) is 44.2 Å². The van der Waals surface area contributed by atoms with Crippen LogP contribution in [-0.2, 0) is 14.3 Å². The highest BCUT2D eigenvalue weighted by molar-refractivity contribution is 5.82. The fourth-order valence-corrected chi connectivity index (χ4v) is 4.75. The number of carbonyl (C=O) groups excluding carboxylic acids is 1. The maximum absolute atomic E-state index is 14.2. The van der Waals surface area contributed by atoms with Crippen molar-refractivity contribution in [1.29, 1.82) is 0 Å². The van der Waals surface area contributed by atoms with Gasteiger partial charge in [-0.2, -0.15) is 13.2 Å². The number of alkyl halides is 3. The number of carbonyl (C=O) groups is 1. The lowest BCUT2D eigenvalue weighted by Gasteiger charge is -2.30. The fourth-order valence-electron chi connectivity index (χ4n) is 4.75. The zero-order valence-electron chi connectivity index (χ0n) is 25.0. The van der Waals surface area contributed by atoms with Crippen LogP contribution >= 0.6 is 0 Å². The third kappa shape index (κ3) is 10.7. The molecule has 0 spiro atoms. The van der Waals surface area contributed by atoms with E-state index in [1.165, 1.54) is 24.3 Å². The molecule has 1 aliphatic heterocycles. The van der Waals surface area contributed by atoms with Crippen LogP contribution in [0.5, 0.6) is 5.75 Å². The summed E-state index contributed by atoms with van der Waals surface area (Å²) in [6.45, 7) is 9.95. The molecular formula is C31H45F3N4O4. The summed E-state index contributed by atoms with van der Waals surface area (Å²) in [5.74, 6) is -0.00196. The van der Waals surface area contributed by atoms with Crippen LogP contribution in [0.3, 0.4) is 0 Å². The third-order valence-electron chi connectivity index (χ3n) is 7.12. The van der Waals surface area contributed by atoms with Crippen LogP contribution in [0.4, 0.5) is 24.5 Å². The van der Waals surface area contributed by atoms with Crippen molar-refractivity contribution in [3.8, 4) is 5.75 Å². The second kappa shape index (κ2) is 16.6. The number of nitrogens with zero attached hydrogens (tertiary/aromatic N) is 1. The van der Waals surface area contributed by atoms with Crippen molar-refractivity contribution >= 4 is 17.3 Å². The van der Waals surface area contributed by atoms with Gasteiger partial charge >= 0.3 is 6.18 Å². The minimum absolute atomic E-state index is 0.00174. The highest BCUT2D eigenvalue weighted by Crippen LogP contribution is 2.34. The first-order chi connectivity index (χ1) is 20.1. The Balaban J connectivity index is 1.63. The summed E-state index contributed by atoms with van der Waals surface area (Å²) in [6.07, 6.45) is -3.73. The molecule has 0 bridgehead atoms. The highest BCUT2D eigenvalue weighted by atomic mass is 19.4. The van der Waals surface area contributed by atoms with Crippen LogP contribution in [-0.4, -0.2) is 77.3 Å². The van der Waals surface area contributed by atoms with E-state index in [0.717, 1.165) is 24.5 Å². The van der Waals surface area contributed by atoms with E-state index in [9.17, 15) is 18.0 Å². The van der Waals surface area contributed by atoms with Crippen LogP contribution in [0.2, 0.25) is 0 Å². The number of hydrogen-bond acceptors (Lipinski definition) is 7. The number of methoxy groups -OCH3 is 1. The number of nitrogens with one attached hydrogen (secondary N) is 3. The number of ether oxygens (including phenoxy) is 3. The standard InChI is InChI=1S/C31H45F3N4O4/c1-5-24(21-35-25-8-10-26(11-9-25)38-14-16-41-17-15-38)36-30(39)28(20-22(2)3)37-29(31(32,33)34)23-6-12-27(13-7-23)42-19-18-40-4/h6-13,22,24,28-29,35,37H,5,14-21H2,1-4H3,(H,36,39)/t24-,28-,29-/m0/s1. The Morgan fingerprint density at radius 1 is 1.02 bits per heavy atom. The number of halogens is 3. The molecule has 11 heteroatoms. The molecule has 1 amide bonds. The molecule has 42 heavy (non-hydrogen) atoms. The van der Waals surface area contributed by atoms with Gasteiger partial charge in [0.25, 0.3) is 0 Å². The van der Waals surface area contributed by atoms with Crippen LogP contribution in [0.1, 0.15) is 45.2 Å². The van der Waals surface area contributed by atoms with E-state index >= 15 is 0 Å². The molecule has 2 aromatic carbocycles. The lowest BCUT2D eigenvalue weighted by Crippen LogP contribution is -2.52. The van der Waals surface area contributed by atoms with E-state index in [4.69, 9.17) is 14.2 Å². The summed E-state index contributed by atoms with van der Waals surface area (Å²) in [5.41, 5.74) is 2.04. The van der Waals surface area contributed by atoms with E-state index in [0.29, 0.717) is 45.1 Å². The topological polar surface area (TPSA) is 84.1 Å². The average molecular weight is 595 g/mol. The molecule has 0 aliphatic carbocycles. The Labute approximate surface area is 247 Å². The van der Waals surface area contributed by atoms with E-state index in [1.807, 2.05) is 45.0 Å². The van der Waals surface area contributed by atoms with Crippen molar-refractivity contribution in [1.82, 2.24) is 10.6 Å². The second-order valence-electron chi connectivity index (χ2n) is 10.9. The van der Waals surface area contributed by atoms with Crippen molar-refractivity contribution in [2.24, 2.45) is 5.92 Å². The predicted molar refractivity (Wildman–Crippen MR) is 159 cm³/mol. The minimum Gasteiger partial charge on any atom is -0.491 e. The van der Waals surface area contributed by atoms with Gasteiger partial charge in [0.2, 0.25) is 5.91 Å². The van der Waals surface area contributed by atoms with E-state index < -0.39 is 24.2 Å². The summed E-state index contributed by atoms with van der Waals surface area (Å²) in [4.78, 5) is 15.6. The minimum atomic E-state index is -4.60. The summed E-state index contributed by atoms with van der Waals surface area (Å²) in [6, 6.07) is 10.5.